The van der Waals surface area contributed by atoms with Gasteiger partial charge in [0.25, 0.3) is 0 Å². The molecule has 1 atom stereocenters. The van der Waals surface area contributed by atoms with Gasteiger partial charge in [0.15, 0.2) is 5.69 Å². The van der Waals surface area contributed by atoms with Crippen molar-refractivity contribution in [2.45, 2.75) is 20.8 Å². The predicted octanol–water partition coefficient (Wildman–Crippen LogP) is 1.65. The second-order valence-corrected chi connectivity index (χ2v) is 4.64. The van der Waals surface area contributed by atoms with E-state index in [1.165, 1.54) is 12.1 Å². The highest BCUT2D eigenvalue weighted by Gasteiger charge is 2.13. The number of urea groups is 1. The first-order valence-electron chi connectivity index (χ1n) is 6.23. The molecule has 112 valence electrons. The summed E-state index contributed by atoms with van der Waals surface area (Å²) < 4.78 is 4.98. The second kappa shape index (κ2) is 5.92. The van der Waals surface area contributed by atoms with Gasteiger partial charge < -0.3 is 15.0 Å². The average Bonchev–Trinajstić information content (AvgIpc) is 2.73. The number of carbonyl (C=O) groups excluding carboxylic acids is 1. The molecule has 0 saturated heterocycles. The Bertz CT molecular complexity index is 666. The van der Waals surface area contributed by atoms with Gasteiger partial charge in [0.2, 0.25) is 5.88 Å². The van der Waals surface area contributed by atoms with E-state index >= 15 is 0 Å². The van der Waals surface area contributed by atoms with E-state index in [0.29, 0.717) is 11.4 Å². The number of amides is 2. The van der Waals surface area contributed by atoms with Crippen LogP contribution in [0.15, 0.2) is 22.7 Å². The number of hydrogen-bond acceptors (Lipinski definition) is 5. The Morgan fingerprint density at radius 2 is 2.05 bits per heavy atom. The molecule has 0 fully saturated rings. The molecule has 0 radical (unpaired) electrons. The van der Waals surface area contributed by atoms with E-state index in [-0.39, 0.29) is 11.6 Å². The topological polar surface area (TPSA) is 115 Å². The molecule has 2 aromatic rings. The van der Waals surface area contributed by atoms with Gasteiger partial charge in [0.05, 0.1) is 11.4 Å². The van der Waals surface area contributed by atoms with Gasteiger partial charge in [-0.05, 0) is 26.3 Å². The molecular weight excluding hydrogens is 276 g/mol. The molecule has 1 unspecified atom stereocenters. The molecule has 8 nitrogen and oxygen atoms in total. The van der Waals surface area contributed by atoms with Gasteiger partial charge in [-0.2, -0.15) is 5.23 Å². The summed E-state index contributed by atoms with van der Waals surface area (Å²) in [6.07, 6.45) is 0. The maximum Gasteiger partial charge on any atom is 0.326 e. The number of nitrogens with one attached hydrogen (secondary N) is 3. The van der Waals surface area contributed by atoms with E-state index in [2.05, 4.69) is 15.8 Å². The Labute approximate surface area is 120 Å². The van der Waals surface area contributed by atoms with Gasteiger partial charge in [0, 0.05) is 17.7 Å². The van der Waals surface area contributed by atoms with E-state index in [1.807, 2.05) is 0 Å². The Morgan fingerprint density at radius 3 is 2.62 bits per heavy atom. The van der Waals surface area contributed by atoms with Gasteiger partial charge in [-0.15, -0.1) is 0 Å². The molecule has 1 aromatic heterocycles. The third kappa shape index (κ3) is 3.37. The highest BCUT2D eigenvalue weighted by Crippen LogP contribution is 2.20. The molecule has 21 heavy (non-hydrogen) atoms. The Balaban J connectivity index is 2.12. The van der Waals surface area contributed by atoms with Crippen molar-refractivity contribution in [3.05, 3.63) is 40.2 Å². The van der Waals surface area contributed by atoms with Crippen LogP contribution in [0.2, 0.25) is 0 Å². The summed E-state index contributed by atoms with van der Waals surface area (Å²) >= 11 is 0. The van der Waals surface area contributed by atoms with Gasteiger partial charge in [0.1, 0.15) is 0 Å². The first-order chi connectivity index (χ1) is 9.88. The van der Waals surface area contributed by atoms with Crippen LogP contribution >= 0.6 is 0 Å². The molecule has 2 rings (SSSR count). The number of aryl methyl sites for hydroxylation is 2. The molecule has 0 bridgehead atoms. The molecule has 2 amide bonds. The smallest absolute Gasteiger partial charge is 0.326 e. The summed E-state index contributed by atoms with van der Waals surface area (Å²) in [5.41, 5.74) is 2.69. The van der Waals surface area contributed by atoms with Crippen LogP contribution < -0.4 is 15.9 Å². The van der Waals surface area contributed by atoms with Crippen molar-refractivity contribution in [3.63, 3.8) is 0 Å². The van der Waals surface area contributed by atoms with Crippen LogP contribution in [0.25, 0.3) is 0 Å². The highest BCUT2D eigenvalue weighted by atomic mass is 16.8. The number of rotatable bonds is 3. The molecule has 0 saturated carbocycles. The Morgan fingerprint density at radius 1 is 1.33 bits per heavy atom. The normalized spacial score (nSPS) is 12.0. The lowest BCUT2D eigenvalue weighted by atomic mass is 10.2. The van der Waals surface area contributed by atoms with Crippen LogP contribution in [0.4, 0.5) is 22.1 Å². The lowest BCUT2D eigenvalue weighted by Gasteiger charge is -2.14. The van der Waals surface area contributed by atoms with Crippen LogP contribution in [-0.4, -0.2) is 16.4 Å². The third-order valence-corrected chi connectivity index (χ3v) is 3.12. The van der Waals surface area contributed by atoms with Crippen LogP contribution in [0, 0.1) is 26.0 Å². The summed E-state index contributed by atoms with van der Waals surface area (Å²) in [4.78, 5) is 11.9. The maximum atomic E-state index is 11.9. The summed E-state index contributed by atoms with van der Waals surface area (Å²) in [5, 5.41) is 27.7. The van der Waals surface area contributed by atoms with Crippen LogP contribution in [0.3, 0.4) is 0 Å². The largest absolute Gasteiger partial charge is 0.595 e. The van der Waals surface area contributed by atoms with Crippen molar-refractivity contribution in [1.29, 1.82) is 0 Å². The van der Waals surface area contributed by atoms with Crippen molar-refractivity contribution in [2.75, 3.05) is 10.6 Å². The fraction of sp³-hybridized carbons (Fsp3) is 0.231. The fourth-order valence-corrected chi connectivity index (χ4v) is 1.68. The van der Waals surface area contributed by atoms with Crippen molar-refractivity contribution in [2.24, 2.45) is 0 Å². The van der Waals surface area contributed by atoms with E-state index < -0.39 is 11.3 Å². The quantitative estimate of drug-likeness (QED) is 0.642. The zero-order chi connectivity index (χ0) is 15.6. The van der Waals surface area contributed by atoms with Gasteiger partial charge in [-0.3, -0.25) is 5.32 Å². The van der Waals surface area contributed by atoms with Crippen molar-refractivity contribution >= 4 is 23.3 Å². The summed E-state index contributed by atoms with van der Waals surface area (Å²) in [6.45, 7) is 5.31. The fourth-order valence-electron chi connectivity index (χ4n) is 1.68. The average molecular weight is 292 g/mol. The molecule has 4 N–H and O–H groups in total. The van der Waals surface area contributed by atoms with E-state index in [4.69, 9.17) is 9.73 Å². The van der Waals surface area contributed by atoms with Crippen LogP contribution in [0.5, 0.6) is 0 Å². The lowest BCUT2D eigenvalue weighted by Crippen LogP contribution is -2.99. The first-order valence-corrected chi connectivity index (χ1v) is 6.23. The number of aromatic nitrogens is 1. The third-order valence-electron chi connectivity index (χ3n) is 3.12. The highest BCUT2D eigenvalue weighted by molar-refractivity contribution is 6.00. The number of quaternary nitrogens is 1. The van der Waals surface area contributed by atoms with E-state index in [9.17, 15) is 10.0 Å². The minimum Gasteiger partial charge on any atom is -0.595 e. The number of nitrogens with zero attached hydrogens (tertiary/aromatic N) is 1. The lowest BCUT2D eigenvalue weighted by molar-refractivity contribution is -0.991. The second-order valence-electron chi connectivity index (χ2n) is 4.64. The molecule has 0 aliphatic heterocycles. The minimum absolute atomic E-state index is 0.0996. The number of carbonyl (C=O) groups is 1. The maximum absolute atomic E-state index is 11.9. The molecule has 0 aliphatic carbocycles. The molecule has 1 heterocycles. The summed E-state index contributed by atoms with van der Waals surface area (Å²) in [7, 11) is 0. The van der Waals surface area contributed by atoms with Gasteiger partial charge in [-0.1, -0.05) is 11.2 Å². The van der Waals surface area contributed by atoms with Gasteiger partial charge in [-0.25, -0.2) is 10.0 Å². The monoisotopic (exact) mass is 292 g/mol. The molecule has 8 heteroatoms. The van der Waals surface area contributed by atoms with Crippen molar-refractivity contribution in [3.8, 4) is 0 Å². The van der Waals surface area contributed by atoms with Crippen molar-refractivity contribution < 1.29 is 19.8 Å². The number of benzene rings is 1. The molecule has 0 aliphatic rings. The molecule has 0 spiro atoms. The zero-order valence-electron chi connectivity index (χ0n) is 11.9. The van der Waals surface area contributed by atoms with Crippen LogP contribution in [0.1, 0.15) is 16.8 Å². The van der Waals surface area contributed by atoms with Crippen molar-refractivity contribution in [1.82, 2.24) is 5.16 Å². The van der Waals surface area contributed by atoms with E-state index in [1.54, 1.807) is 26.8 Å². The molecule has 1 aromatic carbocycles. The number of hydrogen-bond donors (Lipinski definition) is 4. The number of anilines is 2. The zero-order valence-corrected chi connectivity index (χ0v) is 11.9. The minimum atomic E-state index is -1.06. The standard InChI is InChI=1S/C13H16N4O4/c1-7-4-5-10(17(19)20)6-11(7)14-13(18)15-12-8(2)9(3)16-21-12/h4-6,17,19H,1-3H3,(H2,14,15,18). The van der Waals surface area contributed by atoms with Gasteiger partial charge >= 0.3 is 6.03 Å². The summed E-state index contributed by atoms with van der Waals surface area (Å²) in [6, 6.07) is 3.98. The first kappa shape index (κ1) is 15.0. The predicted molar refractivity (Wildman–Crippen MR) is 75.6 cm³/mol. The van der Waals surface area contributed by atoms with Crippen LogP contribution in [-0.2, 0) is 0 Å². The SMILES string of the molecule is Cc1ccc([NH+]([O-])O)cc1NC(=O)Nc1onc(C)c1C. The van der Waals surface area contributed by atoms with E-state index in [0.717, 1.165) is 11.1 Å². The summed E-state index contributed by atoms with van der Waals surface area (Å²) in [5.74, 6) is 0.261. The molecular formula is C13H16N4O4. The Kier molecular flexibility index (Phi) is 4.22. The Hall–Kier alpha value is -2.42.